The number of aryl methyl sites for hydroxylation is 1. The average molecular weight is 413 g/mol. The van der Waals surface area contributed by atoms with Crippen LogP contribution in [0.1, 0.15) is 11.1 Å². The van der Waals surface area contributed by atoms with Crippen LogP contribution >= 0.6 is 0 Å². The van der Waals surface area contributed by atoms with E-state index in [9.17, 15) is 9.59 Å². The number of nitrogen functional groups attached to an aromatic ring is 1. The molecule has 0 fully saturated rings. The molecule has 0 saturated carbocycles. The summed E-state index contributed by atoms with van der Waals surface area (Å²) in [6.07, 6.45) is 3.50. The van der Waals surface area contributed by atoms with Gasteiger partial charge < -0.3 is 20.9 Å². The van der Waals surface area contributed by atoms with Gasteiger partial charge in [-0.2, -0.15) is 0 Å². The van der Waals surface area contributed by atoms with Crippen LogP contribution in [0.15, 0.2) is 53.7 Å². The fourth-order valence-corrected chi connectivity index (χ4v) is 3.66. The van der Waals surface area contributed by atoms with Crippen molar-refractivity contribution < 1.29 is 4.79 Å². The van der Waals surface area contributed by atoms with Gasteiger partial charge in [0.05, 0.1) is 24.0 Å². The lowest BCUT2D eigenvalue weighted by atomic mass is 10.1. The third-order valence-corrected chi connectivity index (χ3v) is 5.24. The molecule has 9 heteroatoms. The Kier molecular flexibility index (Phi) is 4.36. The summed E-state index contributed by atoms with van der Waals surface area (Å²) in [6.45, 7) is 0.413. The highest BCUT2D eigenvalue weighted by Gasteiger charge is 2.19. The number of carbonyl (C=O) groups excluding carboxylic acids is 1. The van der Waals surface area contributed by atoms with Crippen molar-refractivity contribution in [2.45, 2.75) is 13.0 Å². The summed E-state index contributed by atoms with van der Waals surface area (Å²) < 4.78 is 1.42. The van der Waals surface area contributed by atoms with E-state index in [0.717, 1.165) is 22.4 Å². The highest BCUT2D eigenvalue weighted by molar-refractivity contribution is 6.00. The summed E-state index contributed by atoms with van der Waals surface area (Å²) in [7, 11) is 1.65. The lowest BCUT2D eigenvalue weighted by molar-refractivity contribution is -0.115. The number of hydrogen-bond donors (Lipinski definition) is 3. The molecule has 31 heavy (non-hydrogen) atoms. The van der Waals surface area contributed by atoms with Gasteiger partial charge in [-0.1, -0.05) is 12.1 Å². The third kappa shape index (κ3) is 3.46. The fraction of sp³-hybridized carbons (Fsp3) is 0.136. The number of aromatic nitrogens is 4. The van der Waals surface area contributed by atoms with E-state index < -0.39 is 0 Å². The van der Waals surface area contributed by atoms with E-state index in [1.54, 1.807) is 25.4 Å². The van der Waals surface area contributed by atoms with Crippen molar-refractivity contribution in [1.82, 2.24) is 19.5 Å². The summed E-state index contributed by atoms with van der Waals surface area (Å²) in [4.78, 5) is 37.7. The SMILES string of the molecule is Cn1cnc2cc(-c3ccc4c(c3)NC(=O)C4)nc(NCc3ccnc(N)c3)c2c1=O. The number of nitrogens with one attached hydrogen (secondary N) is 2. The maximum Gasteiger partial charge on any atom is 0.264 e. The molecule has 9 nitrogen and oxygen atoms in total. The summed E-state index contributed by atoms with van der Waals surface area (Å²) in [5.41, 5.74) is 10.2. The zero-order valence-corrected chi connectivity index (χ0v) is 16.7. The average Bonchev–Trinajstić information content (AvgIpc) is 3.13. The zero-order chi connectivity index (χ0) is 21.5. The van der Waals surface area contributed by atoms with Crippen LogP contribution in [0.4, 0.5) is 17.3 Å². The molecule has 154 valence electrons. The van der Waals surface area contributed by atoms with Crippen LogP contribution < -0.4 is 21.9 Å². The molecule has 1 aliphatic heterocycles. The molecule has 0 bridgehead atoms. The lowest BCUT2D eigenvalue weighted by Gasteiger charge is -2.12. The number of pyridine rings is 2. The van der Waals surface area contributed by atoms with Crippen LogP contribution in [0, 0.1) is 0 Å². The predicted octanol–water partition coefficient (Wildman–Crippen LogP) is 2.08. The largest absolute Gasteiger partial charge is 0.384 e. The van der Waals surface area contributed by atoms with Crippen LogP contribution in [0.25, 0.3) is 22.2 Å². The number of rotatable bonds is 4. The Bertz CT molecular complexity index is 1410. The van der Waals surface area contributed by atoms with E-state index in [4.69, 9.17) is 10.7 Å². The molecule has 0 atom stereocenters. The van der Waals surface area contributed by atoms with E-state index in [2.05, 4.69) is 20.6 Å². The van der Waals surface area contributed by atoms with Crippen molar-refractivity contribution in [2.75, 3.05) is 16.4 Å². The lowest BCUT2D eigenvalue weighted by Crippen LogP contribution is -2.19. The van der Waals surface area contributed by atoms with Gasteiger partial charge in [0.1, 0.15) is 17.0 Å². The van der Waals surface area contributed by atoms with Crippen molar-refractivity contribution in [3.63, 3.8) is 0 Å². The molecule has 0 radical (unpaired) electrons. The fourth-order valence-electron chi connectivity index (χ4n) is 3.66. The maximum absolute atomic E-state index is 12.8. The van der Waals surface area contributed by atoms with Gasteiger partial charge in [-0.3, -0.25) is 9.59 Å². The van der Waals surface area contributed by atoms with Crippen molar-refractivity contribution >= 4 is 34.1 Å². The Labute approximate surface area is 177 Å². The monoisotopic (exact) mass is 413 g/mol. The molecule has 3 aromatic heterocycles. The standard InChI is InChI=1S/C22H19N7O2/c1-29-11-26-17-9-16(13-2-3-14-8-19(30)27-15(14)7-13)28-21(20(17)22(29)31)25-10-12-4-5-24-18(23)6-12/h2-7,9,11H,8,10H2,1H3,(H2,23,24)(H,25,28)(H,27,30). The second-order valence-electron chi connectivity index (χ2n) is 7.45. The first kappa shape index (κ1) is 18.7. The summed E-state index contributed by atoms with van der Waals surface area (Å²) in [5.74, 6) is 0.826. The van der Waals surface area contributed by atoms with Gasteiger partial charge in [-0.05, 0) is 35.4 Å². The minimum Gasteiger partial charge on any atom is -0.384 e. The number of fused-ring (bicyclic) bond motifs is 2. The van der Waals surface area contributed by atoms with Gasteiger partial charge in [0.15, 0.2) is 0 Å². The number of amides is 1. The number of benzene rings is 1. The number of anilines is 3. The first-order chi connectivity index (χ1) is 15.0. The molecule has 1 aromatic carbocycles. The summed E-state index contributed by atoms with van der Waals surface area (Å²) in [5, 5.41) is 6.52. The van der Waals surface area contributed by atoms with Crippen LogP contribution in [-0.2, 0) is 24.8 Å². The third-order valence-electron chi connectivity index (χ3n) is 5.24. The Morgan fingerprint density at radius 3 is 2.87 bits per heavy atom. The molecule has 0 spiro atoms. The molecular formula is C22H19N7O2. The van der Waals surface area contributed by atoms with Gasteiger partial charge in [-0.15, -0.1) is 0 Å². The normalized spacial score (nSPS) is 12.6. The second-order valence-corrected chi connectivity index (χ2v) is 7.45. The molecule has 0 unspecified atom stereocenters. The smallest absolute Gasteiger partial charge is 0.264 e. The second kappa shape index (κ2) is 7.21. The van der Waals surface area contributed by atoms with Crippen molar-refractivity contribution in [1.29, 1.82) is 0 Å². The Morgan fingerprint density at radius 1 is 1.16 bits per heavy atom. The summed E-state index contributed by atoms with van der Waals surface area (Å²) >= 11 is 0. The number of hydrogen-bond acceptors (Lipinski definition) is 7. The van der Waals surface area contributed by atoms with Gasteiger partial charge in [0, 0.05) is 31.0 Å². The molecular weight excluding hydrogens is 394 g/mol. The van der Waals surface area contributed by atoms with Gasteiger partial charge in [0.2, 0.25) is 5.91 Å². The van der Waals surface area contributed by atoms with Crippen LogP contribution in [-0.4, -0.2) is 25.4 Å². The number of nitrogens with two attached hydrogens (primary N) is 1. The summed E-state index contributed by atoms with van der Waals surface area (Å²) in [6, 6.07) is 11.1. The first-order valence-electron chi connectivity index (χ1n) is 9.72. The Hall–Kier alpha value is -4.27. The van der Waals surface area contributed by atoms with Gasteiger partial charge in [0.25, 0.3) is 5.56 Å². The quantitative estimate of drug-likeness (QED) is 0.467. The Balaban J connectivity index is 1.61. The molecule has 4 aromatic rings. The number of carbonyl (C=O) groups is 1. The minimum atomic E-state index is -0.193. The number of nitrogens with zero attached hydrogens (tertiary/aromatic N) is 4. The molecule has 0 saturated heterocycles. The maximum atomic E-state index is 12.8. The van der Waals surface area contributed by atoms with E-state index in [1.165, 1.54) is 10.9 Å². The molecule has 1 amide bonds. The van der Waals surface area contributed by atoms with E-state index in [-0.39, 0.29) is 11.5 Å². The Morgan fingerprint density at radius 2 is 2.03 bits per heavy atom. The predicted molar refractivity (Wildman–Crippen MR) is 119 cm³/mol. The van der Waals surface area contributed by atoms with Gasteiger partial charge in [-0.25, -0.2) is 15.0 Å². The van der Waals surface area contributed by atoms with E-state index in [1.807, 2.05) is 24.3 Å². The molecule has 5 rings (SSSR count). The van der Waals surface area contributed by atoms with Crippen LogP contribution in [0.3, 0.4) is 0 Å². The highest BCUT2D eigenvalue weighted by Crippen LogP contribution is 2.31. The van der Waals surface area contributed by atoms with Crippen molar-refractivity contribution in [3.8, 4) is 11.3 Å². The molecule has 1 aliphatic rings. The highest BCUT2D eigenvalue weighted by atomic mass is 16.1. The molecule has 4 N–H and O–H groups in total. The van der Waals surface area contributed by atoms with Crippen LogP contribution in [0.2, 0.25) is 0 Å². The van der Waals surface area contributed by atoms with Crippen molar-refractivity contribution in [2.24, 2.45) is 7.05 Å². The topological polar surface area (TPSA) is 128 Å². The molecule has 4 heterocycles. The zero-order valence-electron chi connectivity index (χ0n) is 16.7. The van der Waals surface area contributed by atoms with Crippen molar-refractivity contribution in [3.05, 3.63) is 70.4 Å². The molecule has 0 aliphatic carbocycles. The first-order valence-corrected chi connectivity index (χ1v) is 9.72. The minimum absolute atomic E-state index is 0.0252. The van der Waals surface area contributed by atoms with Gasteiger partial charge >= 0.3 is 0 Å². The van der Waals surface area contributed by atoms with E-state index >= 15 is 0 Å². The van der Waals surface area contributed by atoms with Crippen LogP contribution in [0.5, 0.6) is 0 Å². The van der Waals surface area contributed by atoms with E-state index in [0.29, 0.717) is 41.2 Å².